The molecule has 0 spiro atoms. The smallest absolute Gasteiger partial charge is 0.399 e. The third kappa shape index (κ3) is 3.15. The molecule has 4 heterocycles. The zero-order chi connectivity index (χ0) is 20.4. The van der Waals surface area contributed by atoms with Crippen LogP contribution in [0, 0.1) is 0 Å². The molecule has 2 aromatic heterocycles. The van der Waals surface area contributed by atoms with Crippen molar-refractivity contribution in [2.75, 3.05) is 31.1 Å². The average Bonchev–Trinajstić information content (AvgIpc) is 3.39. The molecule has 2 fully saturated rings. The maximum Gasteiger partial charge on any atom is 0.496 e. The molecule has 0 radical (unpaired) electrons. The number of carbonyl (C=O) groups is 1. The van der Waals surface area contributed by atoms with Gasteiger partial charge in [-0.25, -0.2) is 4.52 Å². The van der Waals surface area contributed by atoms with E-state index in [1.165, 1.54) is 0 Å². The van der Waals surface area contributed by atoms with Gasteiger partial charge in [0.05, 0.1) is 22.4 Å². The standard InChI is InChI=1S/C21H27BN4O3/c1-20(2)21(3,4)29-22(28-20)16-13-18-17(7-8-23-26(18)14-16)24-9-11-25(12-10-24)19(27)15-5-6-15/h5,7-8,13-14H,6,9-12H2,1-4H3. The third-order valence-corrected chi connectivity index (χ3v) is 6.62. The zero-order valence-electron chi connectivity index (χ0n) is 17.5. The Kier molecular flexibility index (Phi) is 4.09. The lowest BCUT2D eigenvalue weighted by Crippen LogP contribution is -2.48. The van der Waals surface area contributed by atoms with Gasteiger partial charge in [0, 0.05) is 49.6 Å². The van der Waals surface area contributed by atoms with Crippen LogP contribution in [0.1, 0.15) is 34.1 Å². The van der Waals surface area contributed by atoms with E-state index >= 15 is 0 Å². The van der Waals surface area contributed by atoms with Crippen LogP contribution >= 0.6 is 0 Å². The summed E-state index contributed by atoms with van der Waals surface area (Å²) in [5, 5.41) is 4.48. The van der Waals surface area contributed by atoms with E-state index in [0.29, 0.717) is 0 Å². The molecule has 0 bridgehead atoms. The first-order chi connectivity index (χ1) is 13.7. The first kappa shape index (κ1) is 18.7. The minimum atomic E-state index is -0.407. The van der Waals surface area contributed by atoms with Crippen molar-refractivity contribution < 1.29 is 14.1 Å². The van der Waals surface area contributed by atoms with Gasteiger partial charge in [-0.3, -0.25) is 4.79 Å². The second-order valence-electron chi connectivity index (χ2n) is 9.12. The zero-order valence-corrected chi connectivity index (χ0v) is 17.5. The fourth-order valence-electron chi connectivity index (χ4n) is 3.97. The molecule has 29 heavy (non-hydrogen) atoms. The second-order valence-corrected chi connectivity index (χ2v) is 9.12. The Morgan fingerprint density at radius 1 is 1.10 bits per heavy atom. The molecule has 0 N–H and O–H groups in total. The van der Waals surface area contributed by atoms with Gasteiger partial charge in [-0.05, 0) is 46.2 Å². The Hall–Kier alpha value is -2.32. The molecule has 0 saturated carbocycles. The second kappa shape index (κ2) is 6.34. The highest BCUT2D eigenvalue weighted by atomic mass is 16.7. The number of aromatic nitrogens is 2. The molecular weight excluding hydrogens is 367 g/mol. The third-order valence-electron chi connectivity index (χ3n) is 6.62. The van der Waals surface area contributed by atoms with Gasteiger partial charge in [-0.1, -0.05) is 6.08 Å². The molecule has 3 aliphatic rings. The summed E-state index contributed by atoms with van der Waals surface area (Å²) in [4.78, 5) is 16.6. The fourth-order valence-corrected chi connectivity index (χ4v) is 3.97. The number of anilines is 1. The quantitative estimate of drug-likeness (QED) is 0.741. The van der Waals surface area contributed by atoms with Gasteiger partial charge in [0.15, 0.2) is 0 Å². The van der Waals surface area contributed by atoms with Crippen LogP contribution in [-0.2, 0) is 14.1 Å². The largest absolute Gasteiger partial charge is 0.496 e. The molecule has 1 amide bonds. The Morgan fingerprint density at radius 2 is 1.76 bits per heavy atom. The van der Waals surface area contributed by atoms with Crippen molar-refractivity contribution >= 4 is 29.7 Å². The van der Waals surface area contributed by atoms with Crippen molar-refractivity contribution in [2.24, 2.45) is 0 Å². The maximum atomic E-state index is 12.3. The molecule has 0 atom stereocenters. The summed E-state index contributed by atoms with van der Waals surface area (Å²) in [5.74, 6) is 0.204. The number of piperazine rings is 1. The summed E-state index contributed by atoms with van der Waals surface area (Å²) in [6, 6.07) is 4.15. The summed E-state index contributed by atoms with van der Waals surface area (Å²) in [6.07, 6.45) is 6.66. The van der Waals surface area contributed by atoms with Crippen LogP contribution in [0.3, 0.4) is 0 Å². The molecule has 2 saturated heterocycles. The Morgan fingerprint density at radius 3 is 2.38 bits per heavy atom. The summed E-state index contributed by atoms with van der Waals surface area (Å²) in [6.45, 7) is 11.4. The molecule has 0 unspecified atom stereocenters. The van der Waals surface area contributed by atoms with Gasteiger partial charge < -0.3 is 19.1 Å². The number of nitrogens with zero attached hydrogens (tertiary/aromatic N) is 4. The van der Waals surface area contributed by atoms with Crippen molar-refractivity contribution in [3.63, 3.8) is 0 Å². The van der Waals surface area contributed by atoms with Crippen LogP contribution in [0.5, 0.6) is 0 Å². The van der Waals surface area contributed by atoms with Crippen molar-refractivity contribution in [3.8, 4) is 0 Å². The Bertz CT molecular complexity index is 989. The van der Waals surface area contributed by atoms with Crippen LogP contribution in [0.25, 0.3) is 5.52 Å². The highest BCUT2D eigenvalue weighted by Gasteiger charge is 2.52. The van der Waals surface area contributed by atoms with E-state index in [4.69, 9.17) is 9.31 Å². The van der Waals surface area contributed by atoms with Crippen LogP contribution in [0.2, 0.25) is 0 Å². The highest BCUT2D eigenvalue weighted by molar-refractivity contribution is 6.62. The molecular formula is C21H27BN4O3. The molecule has 0 aromatic carbocycles. The predicted molar refractivity (Wildman–Crippen MR) is 112 cm³/mol. The number of amides is 1. The topological polar surface area (TPSA) is 59.3 Å². The van der Waals surface area contributed by atoms with Crippen LogP contribution < -0.4 is 10.4 Å². The Labute approximate surface area is 171 Å². The maximum absolute atomic E-state index is 12.3. The Balaban J connectivity index is 1.37. The van der Waals surface area contributed by atoms with Crippen molar-refractivity contribution in [1.82, 2.24) is 14.5 Å². The number of rotatable bonds is 3. The van der Waals surface area contributed by atoms with E-state index in [9.17, 15) is 4.79 Å². The van der Waals surface area contributed by atoms with E-state index in [1.54, 1.807) is 0 Å². The number of hydrogen-bond donors (Lipinski definition) is 0. The monoisotopic (exact) mass is 394 g/mol. The van der Waals surface area contributed by atoms with E-state index < -0.39 is 7.12 Å². The molecule has 2 aliphatic heterocycles. The molecule has 152 valence electrons. The average molecular weight is 394 g/mol. The van der Waals surface area contributed by atoms with Gasteiger partial charge in [0.2, 0.25) is 5.91 Å². The van der Waals surface area contributed by atoms with Gasteiger partial charge >= 0.3 is 7.12 Å². The van der Waals surface area contributed by atoms with Crippen LogP contribution in [0.15, 0.2) is 36.2 Å². The number of allylic oxidation sites excluding steroid dienone is 1. The minimum Gasteiger partial charge on any atom is -0.399 e. The summed E-state index contributed by atoms with van der Waals surface area (Å²) in [5.41, 5.74) is 3.34. The molecule has 1 aliphatic carbocycles. The van der Waals surface area contributed by atoms with Gasteiger partial charge in [-0.2, -0.15) is 5.10 Å². The van der Waals surface area contributed by atoms with E-state index in [0.717, 1.165) is 54.8 Å². The summed E-state index contributed by atoms with van der Waals surface area (Å²) in [7, 11) is -0.407. The lowest BCUT2D eigenvalue weighted by Gasteiger charge is -2.36. The molecule has 2 aromatic rings. The van der Waals surface area contributed by atoms with Gasteiger partial charge in [-0.15, -0.1) is 0 Å². The van der Waals surface area contributed by atoms with E-state index in [-0.39, 0.29) is 17.1 Å². The minimum absolute atomic E-state index is 0.204. The number of carbonyl (C=O) groups excluding carboxylic acids is 1. The normalized spacial score (nSPS) is 22.9. The molecule has 5 rings (SSSR count). The first-order valence-electron chi connectivity index (χ1n) is 10.3. The first-order valence-corrected chi connectivity index (χ1v) is 10.3. The van der Waals surface area contributed by atoms with E-state index in [2.05, 4.69) is 43.8 Å². The lowest BCUT2D eigenvalue weighted by molar-refractivity contribution is -0.127. The molecule has 7 nitrogen and oxygen atoms in total. The van der Waals surface area contributed by atoms with Crippen molar-refractivity contribution in [1.29, 1.82) is 0 Å². The van der Waals surface area contributed by atoms with Gasteiger partial charge in [0.1, 0.15) is 0 Å². The summed E-state index contributed by atoms with van der Waals surface area (Å²) >= 11 is 0. The van der Waals surface area contributed by atoms with Crippen LogP contribution in [-0.4, -0.2) is 64.9 Å². The van der Waals surface area contributed by atoms with Gasteiger partial charge in [0.25, 0.3) is 0 Å². The highest BCUT2D eigenvalue weighted by Crippen LogP contribution is 2.36. The summed E-state index contributed by atoms with van der Waals surface area (Å²) < 4.78 is 14.3. The molecule has 8 heteroatoms. The van der Waals surface area contributed by atoms with Crippen LogP contribution in [0.4, 0.5) is 5.69 Å². The fraction of sp³-hybridized carbons (Fsp3) is 0.524. The SMILES string of the molecule is CC1(C)OB(c2cc3c(N4CCN(C(=O)C5=CC5)CC4)ccnn3c2)OC1(C)C. The lowest BCUT2D eigenvalue weighted by atomic mass is 9.81. The number of hydrogen-bond acceptors (Lipinski definition) is 5. The number of fused-ring (bicyclic) bond motifs is 1. The van der Waals surface area contributed by atoms with Crippen molar-refractivity contribution in [3.05, 3.63) is 36.2 Å². The van der Waals surface area contributed by atoms with E-state index in [1.807, 2.05) is 34.0 Å². The predicted octanol–water partition coefficient (Wildman–Crippen LogP) is 1.61. The van der Waals surface area contributed by atoms with Crippen molar-refractivity contribution in [2.45, 2.75) is 45.3 Å².